The average molecular weight is 316 g/mol. The first-order valence-corrected chi connectivity index (χ1v) is 8.37. The highest BCUT2D eigenvalue weighted by atomic mass is 16.5. The van der Waals surface area contributed by atoms with Gasteiger partial charge in [0.05, 0.1) is 7.11 Å². The normalized spacial score (nSPS) is 18.0. The molecule has 2 fully saturated rings. The Labute approximate surface area is 137 Å². The first kappa shape index (κ1) is 15.8. The van der Waals surface area contributed by atoms with Gasteiger partial charge in [0.25, 0.3) is 0 Å². The number of aryl methyl sites for hydroxylation is 1. The third-order valence-electron chi connectivity index (χ3n) is 4.63. The van der Waals surface area contributed by atoms with Crippen LogP contribution in [0.4, 0.5) is 0 Å². The Morgan fingerprint density at radius 3 is 2.48 bits per heavy atom. The molecule has 1 aromatic carbocycles. The van der Waals surface area contributed by atoms with E-state index in [0.29, 0.717) is 32.6 Å². The van der Waals surface area contributed by atoms with Gasteiger partial charge < -0.3 is 14.5 Å². The smallest absolute Gasteiger partial charge is 0.225 e. The molecule has 2 amide bonds. The van der Waals surface area contributed by atoms with Crippen molar-refractivity contribution in [2.75, 3.05) is 33.3 Å². The van der Waals surface area contributed by atoms with Gasteiger partial charge in [-0.05, 0) is 37.0 Å². The lowest BCUT2D eigenvalue weighted by molar-refractivity contribution is -0.140. The van der Waals surface area contributed by atoms with Gasteiger partial charge in [0.2, 0.25) is 11.8 Å². The standard InChI is InChI=1S/C18H24N2O3/c1-23-16-4-2-3-14(13-16)5-8-17(21)19-9-11-20(12-10-19)18(22)15-6-7-15/h2-4,13,15H,5-12H2,1H3. The molecule has 1 heterocycles. The SMILES string of the molecule is COc1cccc(CCC(=O)N2CCN(C(=O)C3CC3)CC2)c1. The molecule has 0 atom stereocenters. The van der Waals surface area contributed by atoms with Crippen LogP contribution < -0.4 is 4.74 Å². The maximum absolute atomic E-state index is 12.3. The molecule has 1 saturated heterocycles. The maximum Gasteiger partial charge on any atom is 0.225 e. The number of hydrogen-bond acceptors (Lipinski definition) is 3. The van der Waals surface area contributed by atoms with Gasteiger partial charge in [-0.2, -0.15) is 0 Å². The van der Waals surface area contributed by atoms with Crippen molar-refractivity contribution in [2.45, 2.75) is 25.7 Å². The van der Waals surface area contributed by atoms with Gasteiger partial charge in [-0.15, -0.1) is 0 Å². The van der Waals surface area contributed by atoms with Crippen molar-refractivity contribution >= 4 is 11.8 Å². The summed E-state index contributed by atoms with van der Waals surface area (Å²) in [6, 6.07) is 7.84. The summed E-state index contributed by atoms with van der Waals surface area (Å²) in [7, 11) is 1.65. The number of benzene rings is 1. The lowest BCUT2D eigenvalue weighted by Crippen LogP contribution is -2.51. The van der Waals surface area contributed by atoms with Gasteiger partial charge in [-0.3, -0.25) is 9.59 Å². The van der Waals surface area contributed by atoms with Crippen molar-refractivity contribution in [3.05, 3.63) is 29.8 Å². The van der Waals surface area contributed by atoms with Crippen molar-refractivity contribution in [3.8, 4) is 5.75 Å². The fourth-order valence-corrected chi connectivity index (χ4v) is 3.00. The van der Waals surface area contributed by atoms with Gasteiger partial charge in [0.1, 0.15) is 5.75 Å². The summed E-state index contributed by atoms with van der Waals surface area (Å²) in [6.07, 6.45) is 3.30. The van der Waals surface area contributed by atoms with Crippen molar-refractivity contribution in [1.29, 1.82) is 0 Å². The van der Waals surface area contributed by atoms with Gasteiger partial charge in [0, 0.05) is 38.5 Å². The molecule has 0 aromatic heterocycles. The molecule has 0 radical (unpaired) electrons. The fraction of sp³-hybridized carbons (Fsp3) is 0.556. The zero-order chi connectivity index (χ0) is 16.2. The zero-order valence-electron chi connectivity index (χ0n) is 13.7. The molecule has 0 bridgehead atoms. The largest absolute Gasteiger partial charge is 0.497 e. The first-order valence-electron chi connectivity index (χ1n) is 8.37. The minimum atomic E-state index is 0.173. The Balaban J connectivity index is 1.44. The number of methoxy groups -OCH3 is 1. The number of amides is 2. The quantitative estimate of drug-likeness (QED) is 0.831. The van der Waals surface area contributed by atoms with Crippen LogP contribution in [-0.4, -0.2) is 54.9 Å². The van der Waals surface area contributed by atoms with Crippen molar-refractivity contribution in [3.63, 3.8) is 0 Å². The van der Waals surface area contributed by atoms with Gasteiger partial charge in [-0.1, -0.05) is 12.1 Å². The number of carbonyl (C=O) groups is 2. The molecule has 1 saturated carbocycles. The van der Waals surface area contributed by atoms with Crippen LogP contribution in [0.2, 0.25) is 0 Å². The number of piperazine rings is 1. The van der Waals surface area contributed by atoms with E-state index in [2.05, 4.69) is 0 Å². The first-order chi connectivity index (χ1) is 11.2. The average Bonchev–Trinajstić information content (AvgIpc) is 3.44. The Kier molecular flexibility index (Phi) is 4.84. The zero-order valence-corrected chi connectivity index (χ0v) is 13.7. The molecular weight excluding hydrogens is 292 g/mol. The highest BCUT2D eigenvalue weighted by Crippen LogP contribution is 2.31. The highest BCUT2D eigenvalue weighted by Gasteiger charge is 2.35. The predicted octanol–water partition coefficient (Wildman–Crippen LogP) is 1.71. The van der Waals surface area contributed by atoms with Gasteiger partial charge in [-0.25, -0.2) is 0 Å². The highest BCUT2D eigenvalue weighted by molar-refractivity contribution is 5.82. The molecular formula is C18H24N2O3. The Bertz CT molecular complexity index is 575. The number of nitrogens with zero attached hydrogens (tertiary/aromatic N) is 2. The van der Waals surface area contributed by atoms with Crippen LogP contribution in [0, 0.1) is 5.92 Å². The minimum Gasteiger partial charge on any atom is -0.497 e. The summed E-state index contributed by atoms with van der Waals surface area (Å²) in [5, 5.41) is 0. The second-order valence-corrected chi connectivity index (χ2v) is 6.33. The number of hydrogen-bond donors (Lipinski definition) is 0. The van der Waals surface area contributed by atoms with Gasteiger partial charge in [0.15, 0.2) is 0 Å². The molecule has 0 N–H and O–H groups in total. The van der Waals surface area contributed by atoms with Crippen LogP contribution in [0.1, 0.15) is 24.8 Å². The molecule has 124 valence electrons. The molecule has 1 aromatic rings. The van der Waals surface area contributed by atoms with Crippen LogP contribution in [0.3, 0.4) is 0 Å². The van der Waals surface area contributed by atoms with E-state index >= 15 is 0 Å². The Morgan fingerprint density at radius 1 is 1.13 bits per heavy atom. The molecule has 23 heavy (non-hydrogen) atoms. The third-order valence-corrected chi connectivity index (χ3v) is 4.63. The molecule has 1 aliphatic heterocycles. The molecule has 0 spiro atoms. The number of ether oxygens (including phenoxy) is 1. The van der Waals surface area contributed by atoms with Crippen LogP contribution in [0.15, 0.2) is 24.3 Å². The van der Waals surface area contributed by atoms with Crippen LogP contribution in [-0.2, 0) is 16.0 Å². The summed E-state index contributed by atoms with van der Waals surface area (Å²) in [4.78, 5) is 28.2. The van der Waals surface area contributed by atoms with E-state index in [1.165, 1.54) is 0 Å². The lowest BCUT2D eigenvalue weighted by Gasteiger charge is -2.35. The van der Waals surface area contributed by atoms with Crippen molar-refractivity contribution in [2.24, 2.45) is 5.92 Å². The Morgan fingerprint density at radius 2 is 1.83 bits per heavy atom. The van der Waals surface area contributed by atoms with E-state index in [1.54, 1.807) is 7.11 Å². The predicted molar refractivity (Wildman–Crippen MR) is 87.2 cm³/mol. The summed E-state index contributed by atoms with van der Waals surface area (Å²) >= 11 is 0. The second kappa shape index (κ2) is 7.02. The molecule has 2 aliphatic rings. The number of carbonyl (C=O) groups excluding carboxylic acids is 2. The van der Waals surface area contributed by atoms with Gasteiger partial charge >= 0.3 is 0 Å². The molecule has 0 unspecified atom stereocenters. The molecule has 3 rings (SSSR count). The van der Waals surface area contributed by atoms with E-state index in [0.717, 1.165) is 30.6 Å². The second-order valence-electron chi connectivity index (χ2n) is 6.33. The summed E-state index contributed by atoms with van der Waals surface area (Å²) in [5.74, 6) is 1.55. The van der Waals surface area contributed by atoms with Crippen molar-refractivity contribution in [1.82, 2.24) is 9.80 Å². The van der Waals surface area contributed by atoms with Crippen LogP contribution >= 0.6 is 0 Å². The van der Waals surface area contributed by atoms with E-state index in [9.17, 15) is 9.59 Å². The monoisotopic (exact) mass is 316 g/mol. The minimum absolute atomic E-state index is 0.173. The van der Waals surface area contributed by atoms with E-state index in [-0.39, 0.29) is 17.7 Å². The number of rotatable bonds is 5. The summed E-state index contributed by atoms with van der Waals surface area (Å²) in [6.45, 7) is 2.69. The topological polar surface area (TPSA) is 49.9 Å². The van der Waals surface area contributed by atoms with Crippen LogP contribution in [0.5, 0.6) is 5.75 Å². The third kappa shape index (κ3) is 4.03. The maximum atomic E-state index is 12.3. The molecule has 1 aliphatic carbocycles. The van der Waals surface area contributed by atoms with Crippen molar-refractivity contribution < 1.29 is 14.3 Å². The van der Waals surface area contributed by atoms with E-state index in [1.807, 2.05) is 34.1 Å². The Hall–Kier alpha value is -2.04. The van der Waals surface area contributed by atoms with E-state index in [4.69, 9.17) is 4.74 Å². The summed E-state index contributed by atoms with van der Waals surface area (Å²) in [5.41, 5.74) is 1.11. The van der Waals surface area contributed by atoms with E-state index < -0.39 is 0 Å². The van der Waals surface area contributed by atoms with Crippen LogP contribution in [0.25, 0.3) is 0 Å². The summed E-state index contributed by atoms with van der Waals surface area (Å²) < 4.78 is 5.20. The fourth-order valence-electron chi connectivity index (χ4n) is 3.00. The molecule has 5 heteroatoms. The lowest BCUT2D eigenvalue weighted by atomic mass is 10.1. The molecule has 5 nitrogen and oxygen atoms in total.